The average molecular weight is 378 g/mol. The number of benzene rings is 1. The summed E-state index contributed by atoms with van der Waals surface area (Å²) in [5, 5.41) is 0. The topological polar surface area (TPSA) is 77.4 Å². The first-order chi connectivity index (χ1) is 12.0. The van der Waals surface area contributed by atoms with Crippen LogP contribution in [-0.2, 0) is 21.8 Å². The fourth-order valence-corrected chi connectivity index (χ4v) is 4.93. The highest BCUT2D eigenvalue weighted by molar-refractivity contribution is 7.92. The minimum absolute atomic E-state index is 0.0321. The number of hydrogen-bond donors (Lipinski definition) is 1. The lowest BCUT2D eigenvalue weighted by molar-refractivity contribution is 0.0521. The third-order valence-electron chi connectivity index (χ3n) is 4.59. The van der Waals surface area contributed by atoms with E-state index in [-0.39, 0.29) is 17.1 Å². The van der Waals surface area contributed by atoms with E-state index in [1.54, 1.807) is 32.4 Å². The predicted octanol–water partition coefficient (Wildman–Crippen LogP) is 3.54. The van der Waals surface area contributed by atoms with Crippen molar-refractivity contribution >= 4 is 21.7 Å². The molecule has 1 heterocycles. The number of nitrogens with one attached hydrogen (secondary N) is 1. The standard InChI is InChI=1S/C19H26N2O4S/c1-8-25-19(22)16-14(5)21(7)15(6)18(16)26(23,24)20-17-12(3)9-11(2)10-13(17)4/h9-10,20H,8H2,1-7H3. The van der Waals surface area contributed by atoms with Gasteiger partial charge >= 0.3 is 5.97 Å². The maximum atomic E-state index is 13.2. The molecular weight excluding hydrogens is 352 g/mol. The summed E-state index contributed by atoms with van der Waals surface area (Å²) in [5.74, 6) is -0.633. The van der Waals surface area contributed by atoms with Crippen LogP contribution in [0.25, 0.3) is 0 Å². The van der Waals surface area contributed by atoms with Crippen LogP contribution in [0.4, 0.5) is 5.69 Å². The molecule has 1 N–H and O–H groups in total. The zero-order valence-electron chi connectivity index (χ0n) is 16.4. The van der Waals surface area contributed by atoms with Crippen molar-refractivity contribution in [3.8, 4) is 0 Å². The van der Waals surface area contributed by atoms with Gasteiger partial charge in [0.25, 0.3) is 10.0 Å². The van der Waals surface area contributed by atoms with Crippen LogP contribution in [0, 0.1) is 34.6 Å². The molecule has 0 saturated carbocycles. The second kappa shape index (κ2) is 7.15. The normalized spacial score (nSPS) is 11.5. The number of hydrogen-bond acceptors (Lipinski definition) is 4. The van der Waals surface area contributed by atoms with Gasteiger partial charge in [-0.3, -0.25) is 4.72 Å². The highest BCUT2D eigenvalue weighted by atomic mass is 32.2. The molecule has 0 fully saturated rings. The fraction of sp³-hybridized carbons (Fsp3) is 0.421. The monoisotopic (exact) mass is 378 g/mol. The van der Waals surface area contributed by atoms with Crippen molar-refractivity contribution in [3.63, 3.8) is 0 Å². The van der Waals surface area contributed by atoms with Crippen LogP contribution in [0.3, 0.4) is 0 Å². The summed E-state index contributed by atoms with van der Waals surface area (Å²) in [6.07, 6.45) is 0. The van der Waals surface area contributed by atoms with Crippen LogP contribution in [0.2, 0.25) is 0 Å². The van der Waals surface area contributed by atoms with E-state index in [0.717, 1.165) is 16.7 Å². The van der Waals surface area contributed by atoms with Gasteiger partial charge < -0.3 is 9.30 Å². The SMILES string of the molecule is CCOC(=O)c1c(S(=O)(=O)Nc2c(C)cc(C)cc2C)c(C)n(C)c1C. The van der Waals surface area contributed by atoms with E-state index >= 15 is 0 Å². The summed E-state index contributed by atoms with van der Waals surface area (Å²) in [5.41, 5.74) is 4.37. The molecule has 7 heteroatoms. The van der Waals surface area contributed by atoms with Crippen molar-refractivity contribution in [1.82, 2.24) is 4.57 Å². The van der Waals surface area contributed by atoms with Gasteiger partial charge in [0.1, 0.15) is 10.5 Å². The van der Waals surface area contributed by atoms with Gasteiger partial charge in [0.15, 0.2) is 0 Å². The van der Waals surface area contributed by atoms with Crippen LogP contribution < -0.4 is 4.72 Å². The maximum absolute atomic E-state index is 13.2. The molecule has 142 valence electrons. The first-order valence-corrected chi connectivity index (χ1v) is 9.93. The number of rotatable bonds is 5. The van der Waals surface area contributed by atoms with E-state index in [1.807, 2.05) is 32.9 Å². The number of carbonyl (C=O) groups is 1. The van der Waals surface area contributed by atoms with Gasteiger partial charge in [0.05, 0.1) is 12.3 Å². The van der Waals surface area contributed by atoms with E-state index in [1.165, 1.54) is 0 Å². The first kappa shape index (κ1) is 20.0. The minimum atomic E-state index is -3.97. The van der Waals surface area contributed by atoms with E-state index in [0.29, 0.717) is 17.1 Å². The largest absolute Gasteiger partial charge is 0.462 e. The Morgan fingerprint density at radius 3 is 2.12 bits per heavy atom. The molecule has 2 aromatic rings. The van der Waals surface area contributed by atoms with E-state index in [4.69, 9.17) is 4.74 Å². The Labute approximate surface area is 155 Å². The smallest absolute Gasteiger partial charge is 0.341 e. The number of esters is 1. The molecule has 0 saturated heterocycles. The van der Waals surface area contributed by atoms with Gasteiger partial charge in [0.2, 0.25) is 0 Å². The second-order valence-electron chi connectivity index (χ2n) is 6.53. The third kappa shape index (κ3) is 3.49. The Morgan fingerprint density at radius 1 is 1.08 bits per heavy atom. The van der Waals surface area contributed by atoms with Crippen molar-refractivity contribution < 1.29 is 17.9 Å². The number of anilines is 1. The summed E-state index contributed by atoms with van der Waals surface area (Å²) >= 11 is 0. The van der Waals surface area contributed by atoms with Crippen LogP contribution in [0.5, 0.6) is 0 Å². The summed E-state index contributed by atoms with van der Waals surface area (Å²) in [4.78, 5) is 12.4. The lowest BCUT2D eigenvalue weighted by Gasteiger charge is -2.15. The Bertz CT molecular complexity index is 949. The van der Waals surface area contributed by atoms with Crippen molar-refractivity contribution in [3.05, 3.63) is 45.8 Å². The number of aromatic nitrogens is 1. The van der Waals surface area contributed by atoms with Gasteiger partial charge in [-0.1, -0.05) is 17.7 Å². The third-order valence-corrected chi connectivity index (χ3v) is 6.10. The van der Waals surface area contributed by atoms with Gasteiger partial charge in [-0.2, -0.15) is 0 Å². The number of carbonyl (C=O) groups excluding carboxylic acids is 1. The van der Waals surface area contributed by atoms with Crippen molar-refractivity contribution in [2.75, 3.05) is 11.3 Å². The van der Waals surface area contributed by atoms with Gasteiger partial charge in [-0.15, -0.1) is 0 Å². The predicted molar refractivity (Wildman–Crippen MR) is 102 cm³/mol. The highest BCUT2D eigenvalue weighted by Gasteiger charge is 2.32. The number of sulfonamides is 1. The van der Waals surface area contributed by atoms with Gasteiger partial charge in [-0.05, 0) is 52.7 Å². The van der Waals surface area contributed by atoms with E-state index in [2.05, 4.69) is 4.72 Å². The number of ether oxygens (including phenoxy) is 1. The summed E-state index contributed by atoms with van der Waals surface area (Å²) in [6, 6.07) is 3.83. The van der Waals surface area contributed by atoms with Crippen LogP contribution in [-0.4, -0.2) is 25.6 Å². The first-order valence-electron chi connectivity index (χ1n) is 8.44. The molecule has 0 aliphatic heterocycles. The van der Waals surface area contributed by atoms with Crippen molar-refractivity contribution in [1.29, 1.82) is 0 Å². The molecule has 0 atom stereocenters. The Kier molecular flexibility index (Phi) is 5.51. The summed E-state index contributed by atoms with van der Waals surface area (Å²) < 4.78 is 35.8. The Morgan fingerprint density at radius 2 is 1.62 bits per heavy atom. The van der Waals surface area contributed by atoms with Crippen molar-refractivity contribution in [2.45, 2.75) is 46.4 Å². The fourth-order valence-electron chi connectivity index (χ4n) is 3.22. The number of nitrogens with zero attached hydrogens (tertiary/aromatic N) is 1. The molecule has 0 unspecified atom stereocenters. The molecule has 0 aliphatic carbocycles. The maximum Gasteiger partial charge on any atom is 0.341 e. The molecule has 1 aromatic heterocycles. The molecule has 0 aliphatic rings. The van der Waals surface area contributed by atoms with E-state index in [9.17, 15) is 13.2 Å². The molecule has 0 bridgehead atoms. The Hall–Kier alpha value is -2.28. The summed E-state index contributed by atoms with van der Waals surface area (Å²) in [7, 11) is -2.24. The van der Waals surface area contributed by atoms with Crippen LogP contribution >= 0.6 is 0 Å². The van der Waals surface area contributed by atoms with Crippen molar-refractivity contribution in [2.24, 2.45) is 7.05 Å². The molecule has 0 amide bonds. The molecule has 26 heavy (non-hydrogen) atoms. The molecule has 1 aromatic carbocycles. The molecule has 6 nitrogen and oxygen atoms in total. The lowest BCUT2D eigenvalue weighted by atomic mass is 10.1. The molecule has 0 radical (unpaired) electrons. The zero-order valence-corrected chi connectivity index (χ0v) is 17.2. The molecule has 0 spiro atoms. The van der Waals surface area contributed by atoms with Crippen LogP contribution in [0.15, 0.2) is 17.0 Å². The van der Waals surface area contributed by atoms with Gasteiger partial charge in [-0.25, -0.2) is 13.2 Å². The molecule has 2 rings (SSSR count). The second-order valence-corrected chi connectivity index (χ2v) is 8.15. The quantitative estimate of drug-likeness (QED) is 0.807. The lowest BCUT2D eigenvalue weighted by Crippen LogP contribution is -2.19. The number of aryl methyl sites for hydroxylation is 3. The summed E-state index contributed by atoms with van der Waals surface area (Å²) in [6.45, 7) is 10.9. The van der Waals surface area contributed by atoms with Crippen LogP contribution in [0.1, 0.15) is 45.4 Å². The average Bonchev–Trinajstić information content (AvgIpc) is 2.76. The zero-order chi connectivity index (χ0) is 19.8. The highest BCUT2D eigenvalue weighted by Crippen LogP contribution is 2.31. The van der Waals surface area contributed by atoms with Gasteiger partial charge in [0, 0.05) is 18.4 Å². The molecular formula is C19H26N2O4S. The van der Waals surface area contributed by atoms with E-state index < -0.39 is 16.0 Å². The minimum Gasteiger partial charge on any atom is -0.462 e. The Balaban J connectivity index is 2.64.